The van der Waals surface area contributed by atoms with Crippen molar-refractivity contribution >= 4 is 11.3 Å². The molecule has 0 saturated carbocycles. The van der Waals surface area contributed by atoms with Gasteiger partial charge in [0.25, 0.3) is 6.43 Å². The highest BCUT2D eigenvalue weighted by Gasteiger charge is 2.11. The molecule has 1 rings (SSSR count). The summed E-state index contributed by atoms with van der Waals surface area (Å²) in [6, 6.07) is 0. The van der Waals surface area contributed by atoms with Crippen LogP contribution in [0.15, 0.2) is 6.20 Å². The Morgan fingerprint density at radius 2 is 2.38 bits per heavy atom. The summed E-state index contributed by atoms with van der Waals surface area (Å²) in [6.45, 7) is 1.78. The van der Waals surface area contributed by atoms with Gasteiger partial charge in [-0.05, 0) is 0 Å². The Kier molecular flexibility index (Phi) is 4.20. The Balaban J connectivity index is 2.40. The van der Waals surface area contributed by atoms with Crippen molar-refractivity contribution in [1.82, 2.24) is 10.3 Å². The third-order valence-electron chi connectivity index (χ3n) is 1.38. The number of nitrogens with one attached hydrogen (secondary N) is 1. The number of alkyl halides is 2. The van der Waals surface area contributed by atoms with Crippen molar-refractivity contribution in [3.63, 3.8) is 0 Å². The first-order chi connectivity index (χ1) is 6.24. The summed E-state index contributed by atoms with van der Waals surface area (Å²) in [5.74, 6) is 0. The highest BCUT2D eigenvalue weighted by Crippen LogP contribution is 2.23. The van der Waals surface area contributed by atoms with Crippen LogP contribution >= 0.6 is 11.3 Å². The first kappa shape index (κ1) is 10.5. The molecule has 3 nitrogen and oxygen atoms in total. The van der Waals surface area contributed by atoms with Crippen molar-refractivity contribution in [1.29, 1.82) is 0 Å². The van der Waals surface area contributed by atoms with E-state index >= 15 is 0 Å². The lowest BCUT2D eigenvalue weighted by atomic mass is 10.5. The summed E-state index contributed by atoms with van der Waals surface area (Å²) in [4.78, 5) is 4.40. The summed E-state index contributed by atoms with van der Waals surface area (Å²) in [5, 5.41) is 2.88. The van der Waals surface area contributed by atoms with E-state index in [1.165, 1.54) is 6.20 Å². The van der Waals surface area contributed by atoms with Crippen LogP contribution in [0.4, 0.5) is 8.78 Å². The summed E-state index contributed by atoms with van der Waals surface area (Å²) >= 11 is 1.03. The van der Waals surface area contributed by atoms with Gasteiger partial charge in [0.1, 0.15) is 0 Å². The van der Waals surface area contributed by atoms with Gasteiger partial charge in [0, 0.05) is 30.7 Å². The molecule has 0 aliphatic rings. The zero-order valence-corrected chi connectivity index (χ0v) is 7.78. The normalized spacial score (nSPS) is 11.1. The largest absolute Gasteiger partial charge is 0.329 e. The highest BCUT2D eigenvalue weighted by atomic mass is 32.1. The van der Waals surface area contributed by atoms with Gasteiger partial charge < -0.3 is 11.1 Å². The number of thiazole rings is 1. The summed E-state index contributed by atoms with van der Waals surface area (Å²) in [7, 11) is 0. The maximum absolute atomic E-state index is 12.1. The zero-order valence-electron chi connectivity index (χ0n) is 6.96. The minimum Gasteiger partial charge on any atom is -0.329 e. The molecular formula is C7H11F2N3S. The van der Waals surface area contributed by atoms with Crippen LogP contribution in [0.3, 0.4) is 0 Å². The van der Waals surface area contributed by atoms with Crippen molar-refractivity contribution in [2.75, 3.05) is 13.1 Å². The maximum atomic E-state index is 12.1. The lowest BCUT2D eigenvalue weighted by Crippen LogP contribution is -2.21. The predicted molar refractivity (Wildman–Crippen MR) is 47.8 cm³/mol. The fourth-order valence-electron chi connectivity index (χ4n) is 0.819. The second-order valence-electron chi connectivity index (χ2n) is 2.43. The van der Waals surface area contributed by atoms with Gasteiger partial charge in [0.15, 0.2) is 5.01 Å². The second kappa shape index (κ2) is 5.21. The molecule has 0 aliphatic carbocycles. The van der Waals surface area contributed by atoms with Gasteiger partial charge >= 0.3 is 0 Å². The lowest BCUT2D eigenvalue weighted by Gasteiger charge is -1.97. The number of halogens is 2. The van der Waals surface area contributed by atoms with Crippen LogP contribution in [0.5, 0.6) is 0 Å². The molecule has 0 radical (unpaired) electrons. The topological polar surface area (TPSA) is 50.9 Å². The van der Waals surface area contributed by atoms with E-state index in [0.717, 1.165) is 16.2 Å². The molecule has 0 amide bonds. The highest BCUT2D eigenvalue weighted by molar-refractivity contribution is 7.11. The fourth-order valence-corrected chi connectivity index (χ4v) is 1.56. The molecule has 0 aromatic carbocycles. The van der Waals surface area contributed by atoms with Crippen LogP contribution in [-0.4, -0.2) is 18.1 Å². The average molecular weight is 207 g/mol. The minimum absolute atomic E-state index is 0.121. The van der Waals surface area contributed by atoms with Gasteiger partial charge in [0.05, 0.1) is 0 Å². The van der Waals surface area contributed by atoms with E-state index in [0.29, 0.717) is 19.6 Å². The smallest absolute Gasteiger partial charge is 0.289 e. The molecule has 0 saturated heterocycles. The van der Waals surface area contributed by atoms with Gasteiger partial charge in [-0.25, -0.2) is 13.8 Å². The Hall–Kier alpha value is -0.590. The molecule has 3 N–H and O–H groups in total. The van der Waals surface area contributed by atoms with E-state index in [1.807, 2.05) is 0 Å². The molecule has 0 spiro atoms. The summed E-state index contributed by atoms with van der Waals surface area (Å²) < 4.78 is 24.2. The molecular weight excluding hydrogens is 196 g/mol. The monoisotopic (exact) mass is 207 g/mol. The molecule has 74 valence electrons. The van der Waals surface area contributed by atoms with Crippen molar-refractivity contribution in [2.24, 2.45) is 5.73 Å². The third-order valence-corrected chi connectivity index (χ3v) is 2.38. The Morgan fingerprint density at radius 1 is 1.62 bits per heavy atom. The summed E-state index contributed by atoms with van der Waals surface area (Å²) in [5.41, 5.74) is 5.25. The van der Waals surface area contributed by atoms with E-state index in [9.17, 15) is 8.78 Å². The Morgan fingerprint density at radius 3 is 2.92 bits per heavy atom. The van der Waals surface area contributed by atoms with Gasteiger partial charge in [-0.1, -0.05) is 0 Å². The summed E-state index contributed by atoms with van der Waals surface area (Å²) in [6.07, 6.45) is -0.997. The number of aromatic nitrogens is 1. The molecule has 0 fully saturated rings. The lowest BCUT2D eigenvalue weighted by molar-refractivity contribution is 0.151. The van der Waals surface area contributed by atoms with Crippen LogP contribution in [0.1, 0.15) is 16.3 Å². The number of nitrogens with two attached hydrogens (primary N) is 1. The van der Waals surface area contributed by atoms with Gasteiger partial charge in [-0.2, -0.15) is 0 Å². The number of rotatable bonds is 5. The Labute approximate surface area is 79.0 Å². The number of nitrogens with zero attached hydrogens (tertiary/aromatic N) is 1. The van der Waals surface area contributed by atoms with Crippen LogP contribution in [0.25, 0.3) is 0 Å². The SMILES string of the molecule is NCCNCc1cnc(C(F)F)s1. The average Bonchev–Trinajstić information content (AvgIpc) is 2.53. The zero-order chi connectivity index (χ0) is 9.68. The van der Waals surface area contributed by atoms with Crippen LogP contribution in [-0.2, 0) is 6.54 Å². The van der Waals surface area contributed by atoms with E-state index in [4.69, 9.17) is 5.73 Å². The molecule has 0 bridgehead atoms. The fraction of sp³-hybridized carbons (Fsp3) is 0.571. The van der Waals surface area contributed by atoms with Crippen molar-refractivity contribution in [3.8, 4) is 0 Å². The van der Waals surface area contributed by atoms with E-state index < -0.39 is 6.43 Å². The first-order valence-electron chi connectivity index (χ1n) is 3.87. The minimum atomic E-state index is -2.46. The van der Waals surface area contributed by atoms with Crippen LogP contribution in [0, 0.1) is 0 Å². The van der Waals surface area contributed by atoms with Crippen molar-refractivity contribution in [3.05, 3.63) is 16.1 Å². The quantitative estimate of drug-likeness (QED) is 0.712. The molecule has 0 unspecified atom stereocenters. The van der Waals surface area contributed by atoms with E-state index in [-0.39, 0.29) is 5.01 Å². The molecule has 6 heteroatoms. The van der Waals surface area contributed by atoms with Crippen molar-refractivity contribution < 1.29 is 8.78 Å². The molecule has 1 aromatic rings. The molecule has 1 aromatic heterocycles. The van der Waals surface area contributed by atoms with E-state index in [2.05, 4.69) is 10.3 Å². The van der Waals surface area contributed by atoms with Gasteiger partial charge in [-0.3, -0.25) is 0 Å². The maximum Gasteiger partial charge on any atom is 0.289 e. The van der Waals surface area contributed by atoms with Crippen LogP contribution < -0.4 is 11.1 Å². The predicted octanol–water partition coefficient (Wildman–Crippen LogP) is 1.13. The molecule has 1 heterocycles. The number of hydrogen-bond donors (Lipinski definition) is 2. The molecule has 13 heavy (non-hydrogen) atoms. The first-order valence-corrected chi connectivity index (χ1v) is 4.69. The van der Waals surface area contributed by atoms with Gasteiger partial charge in [0.2, 0.25) is 0 Å². The van der Waals surface area contributed by atoms with E-state index in [1.54, 1.807) is 0 Å². The van der Waals surface area contributed by atoms with Gasteiger partial charge in [-0.15, -0.1) is 11.3 Å². The second-order valence-corrected chi connectivity index (χ2v) is 3.58. The molecule has 0 atom stereocenters. The van der Waals surface area contributed by atoms with Crippen LogP contribution in [0.2, 0.25) is 0 Å². The molecule has 0 aliphatic heterocycles. The standard InChI is InChI=1S/C7H11F2N3S/c8-6(9)7-12-4-5(13-7)3-11-2-1-10/h4,6,11H,1-3,10H2. The Bertz CT molecular complexity index is 252. The third kappa shape index (κ3) is 3.33. The number of hydrogen-bond acceptors (Lipinski definition) is 4. The van der Waals surface area contributed by atoms with Crippen molar-refractivity contribution in [2.45, 2.75) is 13.0 Å².